The van der Waals surface area contributed by atoms with Gasteiger partial charge in [-0.1, -0.05) is 44.2 Å². The molecule has 3 nitrogen and oxygen atoms in total. The van der Waals surface area contributed by atoms with Crippen molar-refractivity contribution in [2.45, 2.75) is 26.3 Å². The zero-order valence-electron chi connectivity index (χ0n) is 10.2. The molecular weight excluding hydrogens is 210 g/mol. The summed E-state index contributed by atoms with van der Waals surface area (Å²) < 4.78 is 0. The highest BCUT2D eigenvalue weighted by molar-refractivity contribution is 5.64. The quantitative estimate of drug-likeness (QED) is 0.877. The molecule has 0 aliphatic rings. The van der Waals surface area contributed by atoms with Crippen LogP contribution in [0.5, 0.6) is 0 Å². The molecule has 0 spiro atoms. The Labute approximate surface area is 102 Å². The number of nitrogens with two attached hydrogens (primary N) is 1. The Balaban J connectivity index is 2.62. The molecule has 0 fully saturated rings. The third-order valence-electron chi connectivity index (χ3n) is 2.78. The lowest BCUT2D eigenvalue weighted by molar-refractivity contribution is 0.807. The Bertz CT molecular complexity index is 492. The first-order chi connectivity index (χ1) is 8.24. The smallest absolute Gasteiger partial charge is 0.116 e. The van der Waals surface area contributed by atoms with E-state index in [0.29, 0.717) is 12.5 Å². The van der Waals surface area contributed by atoms with Gasteiger partial charge in [-0.05, 0) is 5.92 Å². The van der Waals surface area contributed by atoms with Crippen LogP contribution in [0.2, 0.25) is 0 Å². The molecule has 3 heteroatoms. The summed E-state index contributed by atoms with van der Waals surface area (Å²) in [6.45, 7) is 4.74. The van der Waals surface area contributed by atoms with Gasteiger partial charge in [-0.25, -0.2) is 9.97 Å². The fourth-order valence-electron chi connectivity index (χ4n) is 2.03. The lowest BCUT2D eigenvalue weighted by Crippen LogP contribution is -2.08. The zero-order chi connectivity index (χ0) is 12.3. The van der Waals surface area contributed by atoms with Crippen molar-refractivity contribution in [2.24, 2.45) is 5.73 Å². The molecule has 0 aliphatic heterocycles. The first-order valence-corrected chi connectivity index (χ1v) is 5.83. The number of rotatable bonds is 3. The van der Waals surface area contributed by atoms with E-state index in [4.69, 9.17) is 5.73 Å². The van der Waals surface area contributed by atoms with E-state index in [0.717, 1.165) is 22.5 Å². The maximum absolute atomic E-state index is 5.75. The summed E-state index contributed by atoms with van der Waals surface area (Å²) in [6, 6.07) is 10.2. The summed E-state index contributed by atoms with van der Waals surface area (Å²) in [5.41, 5.74) is 9.95. The molecule has 1 aromatic heterocycles. The molecule has 0 bridgehead atoms. The third-order valence-corrected chi connectivity index (χ3v) is 2.78. The molecule has 1 heterocycles. The predicted octanol–water partition coefficient (Wildman–Crippen LogP) is 2.73. The summed E-state index contributed by atoms with van der Waals surface area (Å²) in [4.78, 5) is 8.68. The Morgan fingerprint density at radius 2 is 1.82 bits per heavy atom. The van der Waals surface area contributed by atoms with Gasteiger partial charge >= 0.3 is 0 Å². The van der Waals surface area contributed by atoms with Gasteiger partial charge in [-0.15, -0.1) is 0 Å². The molecule has 0 unspecified atom stereocenters. The second-order valence-corrected chi connectivity index (χ2v) is 4.31. The van der Waals surface area contributed by atoms with Crippen molar-refractivity contribution in [3.8, 4) is 11.3 Å². The largest absolute Gasteiger partial charge is 0.325 e. The SMILES string of the molecule is CC(C)c1c(CN)ncnc1-c1ccccc1. The molecule has 17 heavy (non-hydrogen) atoms. The van der Waals surface area contributed by atoms with Crippen LogP contribution in [0, 0.1) is 0 Å². The number of hydrogen-bond donors (Lipinski definition) is 1. The lowest BCUT2D eigenvalue weighted by atomic mass is 9.95. The molecule has 1 aromatic carbocycles. The first-order valence-electron chi connectivity index (χ1n) is 5.83. The van der Waals surface area contributed by atoms with E-state index in [9.17, 15) is 0 Å². The van der Waals surface area contributed by atoms with Crippen molar-refractivity contribution in [3.05, 3.63) is 47.9 Å². The Morgan fingerprint density at radius 3 is 2.41 bits per heavy atom. The van der Waals surface area contributed by atoms with Gasteiger partial charge < -0.3 is 5.73 Å². The van der Waals surface area contributed by atoms with Crippen molar-refractivity contribution in [2.75, 3.05) is 0 Å². The summed E-state index contributed by atoms with van der Waals surface area (Å²) in [5.74, 6) is 0.366. The van der Waals surface area contributed by atoms with Crippen LogP contribution in [0.25, 0.3) is 11.3 Å². The average molecular weight is 227 g/mol. The van der Waals surface area contributed by atoms with Crippen LogP contribution in [0.15, 0.2) is 36.7 Å². The monoisotopic (exact) mass is 227 g/mol. The van der Waals surface area contributed by atoms with E-state index < -0.39 is 0 Å². The second-order valence-electron chi connectivity index (χ2n) is 4.31. The summed E-state index contributed by atoms with van der Waals surface area (Å²) in [5, 5.41) is 0. The lowest BCUT2D eigenvalue weighted by Gasteiger charge is -2.15. The molecule has 0 amide bonds. The van der Waals surface area contributed by atoms with Crippen molar-refractivity contribution in [1.29, 1.82) is 0 Å². The van der Waals surface area contributed by atoms with Gasteiger partial charge in [0.25, 0.3) is 0 Å². The van der Waals surface area contributed by atoms with Crippen molar-refractivity contribution in [1.82, 2.24) is 9.97 Å². The van der Waals surface area contributed by atoms with E-state index >= 15 is 0 Å². The minimum atomic E-state index is 0.366. The third kappa shape index (κ3) is 2.34. The van der Waals surface area contributed by atoms with Gasteiger partial charge in [-0.3, -0.25) is 0 Å². The van der Waals surface area contributed by atoms with Gasteiger partial charge in [0, 0.05) is 17.7 Å². The molecule has 2 N–H and O–H groups in total. The Kier molecular flexibility index (Phi) is 3.49. The molecule has 0 atom stereocenters. The van der Waals surface area contributed by atoms with E-state index in [1.165, 1.54) is 0 Å². The summed E-state index contributed by atoms with van der Waals surface area (Å²) in [7, 11) is 0. The fraction of sp³-hybridized carbons (Fsp3) is 0.286. The highest BCUT2D eigenvalue weighted by Crippen LogP contribution is 2.28. The van der Waals surface area contributed by atoms with E-state index in [1.807, 2.05) is 18.2 Å². The maximum Gasteiger partial charge on any atom is 0.116 e. The van der Waals surface area contributed by atoms with Gasteiger partial charge in [0.15, 0.2) is 0 Å². The first kappa shape index (κ1) is 11.7. The topological polar surface area (TPSA) is 51.8 Å². The van der Waals surface area contributed by atoms with Gasteiger partial charge in [0.1, 0.15) is 6.33 Å². The summed E-state index contributed by atoms with van der Waals surface area (Å²) in [6.07, 6.45) is 1.59. The molecule has 0 aliphatic carbocycles. The van der Waals surface area contributed by atoms with Gasteiger partial charge in [0.2, 0.25) is 0 Å². The van der Waals surface area contributed by atoms with Crippen molar-refractivity contribution >= 4 is 0 Å². The van der Waals surface area contributed by atoms with Crippen LogP contribution in [0.3, 0.4) is 0 Å². The van der Waals surface area contributed by atoms with Crippen LogP contribution in [0.4, 0.5) is 0 Å². The molecule has 2 rings (SSSR count). The highest BCUT2D eigenvalue weighted by atomic mass is 14.9. The van der Waals surface area contributed by atoms with Gasteiger partial charge in [-0.2, -0.15) is 0 Å². The molecular formula is C14H17N3. The highest BCUT2D eigenvalue weighted by Gasteiger charge is 2.14. The van der Waals surface area contributed by atoms with Crippen LogP contribution in [-0.2, 0) is 6.54 Å². The van der Waals surface area contributed by atoms with E-state index in [1.54, 1.807) is 6.33 Å². The molecule has 88 valence electrons. The standard InChI is InChI=1S/C14H17N3/c1-10(2)13-12(8-15)16-9-17-14(13)11-6-4-3-5-7-11/h3-7,9-10H,8,15H2,1-2H3. The Morgan fingerprint density at radius 1 is 1.12 bits per heavy atom. The minimum Gasteiger partial charge on any atom is -0.325 e. The normalized spacial score (nSPS) is 10.8. The minimum absolute atomic E-state index is 0.366. The van der Waals surface area contributed by atoms with Crippen LogP contribution in [-0.4, -0.2) is 9.97 Å². The molecule has 0 saturated carbocycles. The molecule has 0 saturated heterocycles. The number of nitrogens with zero attached hydrogens (tertiary/aromatic N) is 2. The van der Waals surface area contributed by atoms with E-state index in [2.05, 4.69) is 35.9 Å². The maximum atomic E-state index is 5.75. The molecule has 2 aromatic rings. The zero-order valence-corrected chi connectivity index (χ0v) is 10.2. The Hall–Kier alpha value is -1.74. The van der Waals surface area contributed by atoms with Gasteiger partial charge in [0.05, 0.1) is 11.4 Å². The van der Waals surface area contributed by atoms with Crippen LogP contribution in [0.1, 0.15) is 31.0 Å². The van der Waals surface area contributed by atoms with Crippen molar-refractivity contribution < 1.29 is 0 Å². The number of hydrogen-bond acceptors (Lipinski definition) is 3. The fourth-order valence-corrected chi connectivity index (χ4v) is 2.03. The second kappa shape index (κ2) is 5.06. The number of benzene rings is 1. The molecule has 0 radical (unpaired) electrons. The summed E-state index contributed by atoms with van der Waals surface area (Å²) >= 11 is 0. The average Bonchev–Trinajstić information content (AvgIpc) is 2.38. The van der Waals surface area contributed by atoms with Crippen molar-refractivity contribution in [3.63, 3.8) is 0 Å². The predicted molar refractivity (Wildman–Crippen MR) is 69.4 cm³/mol. The van der Waals surface area contributed by atoms with Crippen LogP contribution >= 0.6 is 0 Å². The van der Waals surface area contributed by atoms with Crippen LogP contribution < -0.4 is 5.73 Å². The van der Waals surface area contributed by atoms with E-state index in [-0.39, 0.29) is 0 Å². The number of aromatic nitrogens is 2.